The second-order valence-electron chi connectivity index (χ2n) is 6.49. The summed E-state index contributed by atoms with van der Waals surface area (Å²) < 4.78 is 86.1. The smallest absolute Gasteiger partial charge is 0.420 e. The lowest BCUT2D eigenvalue weighted by molar-refractivity contribution is -0.140. The van der Waals surface area contributed by atoms with Gasteiger partial charge in [-0.15, -0.1) is 0 Å². The number of amidine groups is 1. The summed E-state index contributed by atoms with van der Waals surface area (Å²) in [4.78, 5) is 15.5. The maximum absolute atomic E-state index is 14.6. The summed E-state index contributed by atoms with van der Waals surface area (Å²) in [5, 5.41) is 11.5. The van der Waals surface area contributed by atoms with Crippen LogP contribution in [0.3, 0.4) is 0 Å². The number of allylic oxidation sites excluding steroid dienone is 3. The Morgan fingerprint density at radius 1 is 1.34 bits per heavy atom. The highest BCUT2D eigenvalue weighted by Gasteiger charge is 2.42. The molecule has 168 valence electrons. The largest absolute Gasteiger partial charge is 0.479 e. The quantitative estimate of drug-likeness (QED) is 0.503. The molecule has 1 aliphatic carbocycles. The SMILES string of the molecule is N#Cc1ccc(OC2C=CC(C=C3SC(NCCF)=NC3=O)=CC2(F)F)c(C(F)(F)F)c1. The van der Waals surface area contributed by atoms with Gasteiger partial charge in [0.1, 0.15) is 12.4 Å². The number of halogens is 6. The molecule has 12 heteroatoms. The van der Waals surface area contributed by atoms with Gasteiger partial charge in [-0.1, -0.05) is 6.08 Å². The van der Waals surface area contributed by atoms with Crippen molar-refractivity contribution in [1.29, 1.82) is 5.26 Å². The molecule has 0 bridgehead atoms. The molecule has 5 nitrogen and oxygen atoms in total. The Balaban J connectivity index is 1.79. The zero-order valence-corrected chi connectivity index (χ0v) is 16.7. The topological polar surface area (TPSA) is 74.5 Å². The highest BCUT2D eigenvalue weighted by Crippen LogP contribution is 2.40. The van der Waals surface area contributed by atoms with Gasteiger partial charge in [-0.05, 0) is 53.8 Å². The van der Waals surface area contributed by atoms with Crippen molar-refractivity contribution in [3.05, 3.63) is 64.1 Å². The first-order chi connectivity index (χ1) is 15.0. The number of thioether (sulfide) groups is 1. The highest BCUT2D eigenvalue weighted by atomic mass is 32.2. The number of aliphatic imine (C=N–C) groups is 1. The lowest BCUT2D eigenvalue weighted by atomic mass is 10.0. The van der Waals surface area contributed by atoms with Crippen molar-refractivity contribution in [2.45, 2.75) is 18.2 Å². The van der Waals surface area contributed by atoms with Gasteiger partial charge in [0.05, 0.1) is 22.1 Å². The molecule has 1 atom stereocenters. The van der Waals surface area contributed by atoms with Crippen LogP contribution >= 0.6 is 11.8 Å². The average molecular weight is 473 g/mol. The van der Waals surface area contributed by atoms with Crippen LogP contribution in [-0.4, -0.2) is 36.3 Å². The number of carbonyl (C=O) groups is 1. The third-order valence-corrected chi connectivity index (χ3v) is 5.10. The van der Waals surface area contributed by atoms with Crippen molar-refractivity contribution in [3.8, 4) is 11.8 Å². The van der Waals surface area contributed by atoms with Gasteiger partial charge in [0, 0.05) is 6.54 Å². The van der Waals surface area contributed by atoms with Crippen molar-refractivity contribution in [3.63, 3.8) is 0 Å². The predicted octanol–water partition coefficient (Wildman–Crippen LogP) is 4.53. The molecule has 0 saturated heterocycles. The van der Waals surface area contributed by atoms with Crippen LogP contribution in [0.1, 0.15) is 11.1 Å². The van der Waals surface area contributed by atoms with Crippen LogP contribution in [0.25, 0.3) is 0 Å². The molecule has 32 heavy (non-hydrogen) atoms. The monoisotopic (exact) mass is 473 g/mol. The summed E-state index contributed by atoms with van der Waals surface area (Å²) in [6.07, 6.45) is -3.32. The number of nitriles is 1. The minimum Gasteiger partial charge on any atom is -0.479 e. The van der Waals surface area contributed by atoms with E-state index >= 15 is 0 Å². The number of benzene rings is 1. The molecule has 1 amide bonds. The molecule has 1 aliphatic heterocycles. The molecule has 1 heterocycles. The van der Waals surface area contributed by atoms with E-state index in [1.165, 1.54) is 6.08 Å². The zero-order chi connectivity index (χ0) is 23.5. The fraction of sp³-hybridized carbons (Fsp3) is 0.250. The molecule has 0 fully saturated rings. The normalized spacial score (nSPS) is 21.2. The summed E-state index contributed by atoms with van der Waals surface area (Å²) in [6, 6.07) is 3.90. The van der Waals surface area contributed by atoms with E-state index in [0.29, 0.717) is 12.1 Å². The molecular weight excluding hydrogens is 460 g/mol. The van der Waals surface area contributed by atoms with E-state index in [4.69, 9.17) is 10.00 Å². The van der Waals surface area contributed by atoms with Crippen molar-refractivity contribution in [1.82, 2.24) is 5.32 Å². The van der Waals surface area contributed by atoms with E-state index in [0.717, 1.165) is 36.0 Å². The molecule has 1 aromatic carbocycles. The molecule has 1 unspecified atom stereocenters. The Bertz CT molecular complexity index is 1090. The first-order valence-electron chi connectivity index (χ1n) is 8.93. The molecular formula is C20H13F6N3O2S. The van der Waals surface area contributed by atoms with Crippen LogP contribution in [0.5, 0.6) is 5.75 Å². The van der Waals surface area contributed by atoms with Gasteiger partial charge in [0.2, 0.25) is 0 Å². The lowest BCUT2D eigenvalue weighted by Crippen LogP contribution is -2.37. The number of amides is 1. The average Bonchev–Trinajstić information content (AvgIpc) is 3.06. The van der Waals surface area contributed by atoms with Gasteiger partial charge >= 0.3 is 12.1 Å². The predicted molar refractivity (Wildman–Crippen MR) is 105 cm³/mol. The van der Waals surface area contributed by atoms with Crippen LogP contribution in [0.2, 0.25) is 0 Å². The van der Waals surface area contributed by atoms with Crippen LogP contribution in [-0.2, 0) is 11.0 Å². The van der Waals surface area contributed by atoms with Crippen LogP contribution in [0, 0.1) is 11.3 Å². The van der Waals surface area contributed by atoms with Gasteiger partial charge in [0.15, 0.2) is 11.3 Å². The summed E-state index contributed by atoms with van der Waals surface area (Å²) in [5.41, 5.74) is -1.73. The standard InChI is InChI=1S/C20H13F6N3O2S/c21-5-6-28-18-29-17(30)15(32-18)8-11-2-4-16(19(22,23)9-11)31-14-3-1-12(10-27)7-13(14)20(24,25)26/h1-4,7-9,16H,5-6H2,(H,28,29,30). The molecule has 1 N–H and O–H groups in total. The number of ether oxygens (including phenoxy) is 1. The number of nitrogens with one attached hydrogen (secondary N) is 1. The Morgan fingerprint density at radius 2 is 2.09 bits per heavy atom. The second-order valence-corrected chi connectivity index (χ2v) is 7.52. The van der Waals surface area contributed by atoms with Gasteiger partial charge < -0.3 is 10.1 Å². The molecule has 0 aromatic heterocycles. The Labute approximate surface area is 182 Å². The number of nitrogens with zero attached hydrogens (tertiary/aromatic N) is 2. The second kappa shape index (κ2) is 9.12. The van der Waals surface area contributed by atoms with E-state index in [-0.39, 0.29) is 27.8 Å². The van der Waals surface area contributed by atoms with Crippen molar-refractivity contribution in [2.24, 2.45) is 4.99 Å². The van der Waals surface area contributed by atoms with E-state index in [1.807, 2.05) is 0 Å². The maximum atomic E-state index is 14.6. The van der Waals surface area contributed by atoms with Crippen molar-refractivity contribution < 1.29 is 35.9 Å². The Kier molecular flexibility index (Phi) is 6.68. The van der Waals surface area contributed by atoms with Gasteiger partial charge in [-0.2, -0.15) is 32.2 Å². The first-order valence-corrected chi connectivity index (χ1v) is 9.74. The van der Waals surface area contributed by atoms with Crippen LogP contribution in [0.15, 0.2) is 58.0 Å². The first kappa shape index (κ1) is 23.5. The molecule has 0 saturated carbocycles. The third-order valence-electron chi connectivity index (χ3n) is 4.16. The molecule has 0 radical (unpaired) electrons. The van der Waals surface area contributed by atoms with Crippen molar-refractivity contribution in [2.75, 3.05) is 13.2 Å². The number of rotatable bonds is 5. The minimum atomic E-state index is -4.92. The molecule has 2 aliphatic rings. The summed E-state index contributed by atoms with van der Waals surface area (Å²) in [7, 11) is 0. The number of alkyl halides is 6. The van der Waals surface area contributed by atoms with Crippen LogP contribution < -0.4 is 10.1 Å². The fourth-order valence-corrected chi connectivity index (χ4v) is 3.58. The van der Waals surface area contributed by atoms with Crippen molar-refractivity contribution >= 4 is 22.8 Å². The van der Waals surface area contributed by atoms with E-state index in [9.17, 15) is 31.1 Å². The fourth-order valence-electron chi connectivity index (χ4n) is 2.74. The Morgan fingerprint density at radius 3 is 2.72 bits per heavy atom. The number of carbonyl (C=O) groups excluding carboxylic acids is 1. The van der Waals surface area contributed by atoms with E-state index in [1.54, 1.807) is 6.07 Å². The molecule has 1 aromatic rings. The van der Waals surface area contributed by atoms with E-state index < -0.39 is 42.1 Å². The number of hydrogen-bond donors (Lipinski definition) is 1. The lowest BCUT2D eigenvalue weighted by Gasteiger charge is -2.27. The van der Waals surface area contributed by atoms with Crippen LogP contribution in [0.4, 0.5) is 26.3 Å². The zero-order valence-electron chi connectivity index (χ0n) is 15.9. The molecule has 0 spiro atoms. The minimum absolute atomic E-state index is 0.0175. The van der Waals surface area contributed by atoms with E-state index in [2.05, 4.69) is 10.3 Å². The summed E-state index contributed by atoms with van der Waals surface area (Å²) in [6.45, 7) is -0.759. The van der Waals surface area contributed by atoms with Gasteiger partial charge in [-0.3, -0.25) is 4.79 Å². The Hall–Kier alpha value is -3.20. The van der Waals surface area contributed by atoms with Gasteiger partial charge in [0.25, 0.3) is 5.91 Å². The molecule has 3 rings (SSSR count). The summed E-state index contributed by atoms with van der Waals surface area (Å²) >= 11 is 0.846. The van der Waals surface area contributed by atoms with Gasteiger partial charge in [-0.25, -0.2) is 4.39 Å². The highest BCUT2D eigenvalue weighted by molar-refractivity contribution is 8.18. The third kappa shape index (κ3) is 5.34. The number of hydrogen-bond acceptors (Lipinski definition) is 5. The summed E-state index contributed by atoms with van der Waals surface area (Å²) in [5.74, 6) is -5.25. The maximum Gasteiger partial charge on any atom is 0.420 e.